The molecule has 0 radical (unpaired) electrons. The fourth-order valence-corrected chi connectivity index (χ4v) is 2.07. The van der Waals surface area contributed by atoms with E-state index >= 15 is 0 Å². The summed E-state index contributed by atoms with van der Waals surface area (Å²) < 4.78 is 15.8. The van der Waals surface area contributed by atoms with Crippen molar-refractivity contribution in [1.29, 1.82) is 0 Å². The minimum absolute atomic E-state index is 0. The lowest BCUT2D eigenvalue weighted by Crippen LogP contribution is -3.00. The maximum absolute atomic E-state index is 6.18. The van der Waals surface area contributed by atoms with E-state index in [0.29, 0.717) is 23.1 Å². The SMILES string of the molecule is CCOc1cc(CNCCCOC)cc(Cl)c1OC.[Cl-]. The Kier molecular flexibility index (Phi) is 10.7. The minimum atomic E-state index is 0. The van der Waals surface area contributed by atoms with E-state index in [0.717, 1.165) is 31.7 Å². The molecule has 1 aromatic rings. The number of hydrogen-bond acceptors (Lipinski definition) is 4. The van der Waals surface area contributed by atoms with E-state index in [2.05, 4.69) is 5.32 Å². The Labute approximate surface area is 132 Å². The molecule has 20 heavy (non-hydrogen) atoms. The summed E-state index contributed by atoms with van der Waals surface area (Å²) in [5.74, 6) is 1.28. The van der Waals surface area contributed by atoms with E-state index in [9.17, 15) is 0 Å². The summed E-state index contributed by atoms with van der Waals surface area (Å²) in [5.41, 5.74) is 1.08. The van der Waals surface area contributed by atoms with Crippen molar-refractivity contribution in [2.75, 3.05) is 34.0 Å². The van der Waals surface area contributed by atoms with Crippen LogP contribution in [0.4, 0.5) is 0 Å². The van der Waals surface area contributed by atoms with Gasteiger partial charge in [-0.2, -0.15) is 0 Å². The van der Waals surface area contributed by atoms with Crippen molar-refractivity contribution < 1.29 is 26.6 Å². The number of benzene rings is 1. The summed E-state index contributed by atoms with van der Waals surface area (Å²) in [6, 6.07) is 3.85. The van der Waals surface area contributed by atoms with Crippen molar-refractivity contribution in [3.05, 3.63) is 22.7 Å². The second-order valence-electron chi connectivity index (χ2n) is 4.07. The molecule has 1 aromatic carbocycles. The van der Waals surface area contributed by atoms with Gasteiger partial charge in [-0.05, 0) is 37.6 Å². The van der Waals surface area contributed by atoms with Gasteiger partial charge in [0, 0.05) is 20.3 Å². The van der Waals surface area contributed by atoms with Crippen LogP contribution < -0.4 is 27.2 Å². The number of halogens is 2. The second-order valence-corrected chi connectivity index (χ2v) is 4.47. The fraction of sp³-hybridized carbons (Fsp3) is 0.571. The van der Waals surface area contributed by atoms with E-state index in [1.165, 1.54) is 0 Å². The van der Waals surface area contributed by atoms with Crippen molar-refractivity contribution in [3.63, 3.8) is 0 Å². The summed E-state index contributed by atoms with van der Waals surface area (Å²) in [7, 11) is 3.30. The first-order valence-corrected chi connectivity index (χ1v) is 6.79. The van der Waals surface area contributed by atoms with Crippen molar-refractivity contribution in [3.8, 4) is 11.5 Å². The molecule has 0 heterocycles. The molecule has 116 valence electrons. The highest BCUT2D eigenvalue weighted by Gasteiger charge is 2.11. The van der Waals surface area contributed by atoms with Crippen molar-refractivity contribution in [1.82, 2.24) is 5.32 Å². The zero-order valence-corrected chi connectivity index (χ0v) is 13.7. The first-order valence-electron chi connectivity index (χ1n) is 6.41. The van der Waals surface area contributed by atoms with Gasteiger partial charge in [-0.25, -0.2) is 0 Å². The van der Waals surface area contributed by atoms with E-state index in [1.807, 2.05) is 19.1 Å². The topological polar surface area (TPSA) is 39.7 Å². The molecule has 0 saturated carbocycles. The largest absolute Gasteiger partial charge is 1.00 e. The molecule has 0 aliphatic rings. The average Bonchev–Trinajstić information content (AvgIpc) is 2.39. The molecule has 0 aliphatic carbocycles. The maximum atomic E-state index is 6.18. The highest BCUT2D eigenvalue weighted by atomic mass is 35.5. The van der Waals surface area contributed by atoms with Crippen molar-refractivity contribution in [2.45, 2.75) is 19.9 Å². The molecule has 0 atom stereocenters. The van der Waals surface area contributed by atoms with Crippen LogP contribution in [0.5, 0.6) is 11.5 Å². The van der Waals surface area contributed by atoms with Crippen molar-refractivity contribution in [2.24, 2.45) is 0 Å². The third kappa shape index (κ3) is 6.18. The van der Waals surface area contributed by atoms with Crippen LogP contribution in [0.3, 0.4) is 0 Å². The molecule has 0 spiro atoms. The van der Waals surface area contributed by atoms with E-state index in [4.69, 9.17) is 25.8 Å². The molecular weight excluding hydrogens is 301 g/mol. The van der Waals surface area contributed by atoms with Crippen molar-refractivity contribution >= 4 is 11.6 Å². The third-order valence-corrected chi connectivity index (χ3v) is 2.89. The predicted octanol–water partition coefficient (Wildman–Crippen LogP) is -0.123. The Bertz CT molecular complexity index is 389. The fourth-order valence-electron chi connectivity index (χ4n) is 1.76. The van der Waals surface area contributed by atoms with Crippen LogP contribution in [0, 0.1) is 0 Å². The van der Waals surface area contributed by atoms with Crippen LogP contribution in [0.1, 0.15) is 18.9 Å². The molecule has 0 unspecified atom stereocenters. The first kappa shape index (κ1) is 19.3. The average molecular weight is 323 g/mol. The minimum Gasteiger partial charge on any atom is -1.00 e. The standard InChI is InChI=1S/C14H22ClNO3.ClH/c1-4-19-13-9-11(8-12(15)14(13)18-3)10-16-6-5-7-17-2;/h8-9,16H,4-7,10H2,1-3H3;1H/p-1. The quantitative estimate of drug-likeness (QED) is 0.643. The Balaban J connectivity index is 0.00000361. The molecule has 0 bridgehead atoms. The Morgan fingerprint density at radius 1 is 1.25 bits per heavy atom. The van der Waals surface area contributed by atoms with Gasteiger partial charge in [-0.3, -0.25) is 0 Å². The van der Waals surface area contributed by atoms with Gasteiger partial charge in [0.25, 0.3) is 0 Å². The molecule has 0 saturated heterocycles. The Morgan fingerprint density at radius 3 is 2.60 bits per heavy atom. The van der Waals surface area contributed by atoms with Crippen LogP contribution in [0.15, 0.2) is 12.1 Å². The summed E-state index contributed by atoms with van der Waals surface area (Å²) in [6.45, 7) is 4.93. The number of hydrogen-bond donors (Lipinski definition) is 1. The molecule has 0 fully saturated rings. The first-order chi connectivity index (χ1) is 9.22. The third-order valence-electron chi connectivity index (χ3n) is 2.60. The normalized spacial score (nSPS) is 10.0. The van der Waals surface area contributed by atoms with Crippen LogP contribution in [-0.2, 0) is 11.3 Å². The molecule has 1 rings (SSSR count). The monoisotopic (exact) mass is 322 g/mol. The zero-order chi connectivity index (χ0) is 14.1. The van der Waals surface area contributed by atoms with Gasteiger partial charge >= 0.3 is 0 Å². The summed E-state index contributed by atoms with van der Waals surface area (Å²) in [5, 5.41) is 3.91. The summed E-state index contributed by atoms with van der Waals surface area (Å²) in [4.78, 5) is 0. The smallest absolute Gasteiger partial charge is 0.179 e. The molecule has 4 nitrogen and oxygen atoms in total. The second kappa shape index (κ2) is 11.0. The van der Waals surface area contributed by atoms with Crippen LogP contribution in [0.25, 0.3) is 0 Å². The molecular formula is C14H22Cl2NO3-. The van der Waals surface area contributed by atoms with Gasteiger partial charge in [0.05, 0.1) is 18.7 Å². The zero-order valence-electron chi connectivity index (χ0n) is 12.2. The van der Waals surface area contributed by atoms with Gasteiger partial charge in [-0.15, -0.1) is 0 Å². The number of nitrogens with one attached hydrogen (secondary N) is 1. The van der Waals surface area contributed by atoms with E-state index in [1.54, 1.807) is 14.2 Å². The maximum Gasteiger partial charge on any atom is 0.179 e. The Hall–Kier alpha value is -0.680. The van der Waals surface area contributed by atoms with E-state index in [-0.39, 0.29) is 12.4 Å². The highest BCUT2D eigenvalue weighted by molar-refractivity contribution is 6.32. The number of methoxy groups -OCH3 is 2. The molecule has 0 aliphatic heterocycles. The predicted molar refractivity (Wildman–Crippen MR) is 77.4 cm³/mol. The molecule has 6 heteroatoms. The molecule has 1 N–H and O–H groups in total. The van der Waals surface area contributed by atoms with Gasteiger partial charge in [0.1, 0.15) is 0 Å². The molecule has 0 aromatic heterocycles. The lowest BCUT2D eigenvalue weighted by molar-refractivity contribution is -0.00000507. The molecule has 0 amide bonds. The Morgan fingerprint density at radius 2 is 2.00 bits per heavy atom. The number of ether oxygens (including phenoxy) is 3. The lowest BCUT2D eigenvalue weighted by atomic mass is 10.2. The van der Waals surface area contributed by atoms with Gasteiger partial charge < -0.3 is 31.9 Å². The summed E-state index contributed by atoms with van der Waals surface area (Å²) in [6.07, 6.45) is 0.985. The van der Waals surface area contributed by atoms with Crippen LogP contribution in [-0.4, -0.2) is 34.0 Å². The van der Waals surface area contributed by atoms with Gasteiger partial charge in [-0.1, -0.05) is 11.6 Å². The highest BCUT2D eigenvalue weighted by Crippen LogP contribution is 2.36. The van der Waals surface area contributed by atoms with Crippen LogP contribution in [0.2, 0.25) is 5.02 Å². The van der Waals surface area contributed by atoms with Gasteiger partial charge in [0.15, 0.2) is 11.5 Å². The van der Waals surface area contributed by atoms with Crippen LogP contribution >= 0.6 is 11.6 Å². The van der Waals surface area contributed by atoms with E-state index < -0.39 is 0 Å². The summed E-state index contributed by atoms with van der Waals surface area (Å²) >= 11 is 6.18. The van der Waals surface area contributed by atoms with Gasteiger partial charge in [0.2, 0.25) is 0 Å². The lowest BCUT2D eigenvalue weighted by Gasteiger charge is -2.13. The number of rotatable bonds is 9.